The lowest BCUT2D eigenvalue weighted by Gasteiger charge is -2.13. The summed E-state index contributed by atoms with van der Waals surface area (Å²) in [5.41, 5.74) is 6.57. The van der Waals surface area contributed by atoms with Gasteiger partial charge in [0.05, 0.1) is 0 Å². The maximum atomic E-state index is 11.4. The van der Waals surface area contributed by atoms with Crippen LogP contribution in [0.4, 0.5) is 0 Å². The molecule has 4 nitrogen and oxygen atoms in total. The Hall–Kier alpha value is -6.78. The van der Waals surface area contributed by atoms with Crippen LogP contribution in [0.25, 0.3) is 23.3 Å². The summed E-state index contributed by atoms with van der Waals surface area (Å²) < 4.78 is 12.0. The number of aromatic hydroxyl groups is 2. The molecule has 7 aromatic carbocycles. The third kappa shape index (κ3) is 7.67. The van der Waals surface area contributed by atoms with E-state index in [9.17, 15) is 10.2 Å². The first kappa shape index (κ1) is 31.8. The summed E-state index contributed by atoms with van der Waals surface area (Å²) in [7, 11) is 0. The highest BCUT2D eigenvalue weighted by Crippen LogP contribution is 2.37. The Morgan fingerprint density at radius 2 is 0.620 bits per heavy atom. The van der Waals surface area contributed by atoms with Crippen LogP contribution in [-0.2, 0) is 0 Å². The van der Waals surface area contributed by atoms with Gasteiger partial charge in [0.25, 0.3) is 0 Å². The van der Waals surface area contributed by atoms with Crippen molar-refractivity contribution in [3.63, 3.8) is 0 Å². The maximum absolute atomic E-state index is 11.4. The highest BCUT2D eigenvalue weighted by atomic mass is 16.5. The minimum atomic E-state index is 0.0468. The maximum Gasteiger partial charge on any atom is 0.127 e. The molecule has 0 aliphatic carbocycles. The van der Waals surface area contributed by atoms with Crippen LogP contribution in [-0.4, -0.2) is 10.2 Å². The molecule has 4 heteroatoms. The smallest absolute Gasteiger partial charge is 0.127 e. The summed E-state index contributed by atoms with van der Waals surface area (Å²) in [5, 5.41) is 22.8. The first-order valence-electron chi connectivity index (χ1n) is 16.4. The fraction of sp³-hybridized carbons (Fsp3) is 0. The van der Waals surface area contributed by atoms with Gasteiger partial charge in [0, 0.05) is 11.1 Å². The minimum Gasteiger partial charge on any atom is -0.507 e. The zero-order chi connectivity index (χ0) is 34.1. The molecule has 242 valence electrons. The number of ether oxygens (including phenoxy) is 2. The summed E-state index contributed by atoms with van der Waals surface area (Å²) in [4.78, 5) is 0. The summed E-state index contributed by atoms with van der Waals surface area (Å²) in [6.45, 7) is 0. The molecule has 0 heterocycles. The predicted molar refractivity (Wildman–Crippen MR) is 203 cm³/mol. The van der Waals surface area contributed by atoms with Gasteiger partial charge in [0.1, 0.15) is 34.5 Å². The van der Waals surface area contributed by atoms with Crippen LogP contribution >= 0.6 is 0 Å². The first-order chi connectivity index (χ1) is 24.6. The zero-order valence-electron chi connectivity index (χ0n) is 27.2. The van der Waals surface area contributed by atoms with E-state index >= 15 is 0 Å². The van der Waals surface area contributed by atoms with Crippen molar-refractivity contribution in [1.29, 1.82) is 0 Å². The first-order valence-corrected chi connectivity index (χ1v) is 16.4. The molecule has 0 unspecified atom stereocenters. The third-order valence-corrected chi connectivity index (χ3v) is 8.23. The minimum absolute atomic E-state index is 0.0468. The Morgan fingerprint density at radius 3 is 0.960 bits per heavy atom. The Kier molecular flexibility index (Phi) is 9.52. The lowest BCUT2D eigenvalue weighted by Crippen LogP contribution is -1.91. The van der Waals surface area contributed by atoms with E-state index in [0.29, 0.717) is 11.1 Å². The molecule has 0 aromatic heterocycles. The molecule has 7 aromatic rings. The molecule has 0 radical (unpaired) electrons. The van der Waals surface area contributed by atoms with Crippen molar-refractivity contribution in [1.82, 2.24) is 0 Å². The molecule has 0 atom stereocenters. The van der Waals surface area contributed by atoms with Gasteiger partial charge in [-0.15, -0.1) is 0 Å². The van der Waals surface area contributed by atoms with Gasteiger partial charge in [-0.1, -0.05) is 121 Å². The standard InChI is InChI=1S/C46H34O4/c47-45-32-38(30-44(34-15-7-2-8-16-34)36-23-27-42(28-24-36)50-40-19-11-4-12-20-40)46(48)31-37(45)29-43(33-13-5-1-6-14-33)35-21-25-41(26-22-35)49-39-17-9-3-10-18-39/h1-32,47-48H. The van der Waals surface area contributed by atoms with E-state index in [2.05, 4.69) is 0 Å². The number of phenols is 2. The van der Waals surface area contributed by atoms with Crippen LogP contribution in [0.1, 0.15) is 33.4 Å². The number of phenolic OH excluding ortho intramolecular Hbond substituents is 2. The molecule has 0 saturated heterocycles. The van der Waals surface area contributed by atoms with Gasteiger partial charge in [0.15, 0.2) is 0 Å². The van der Waals surface area contributed by atoms with Crippen molar-refractivity contribution in [2.24, 2.45) is 0 Å². The molecular formula is C46H34O4. The number of hydrogen-bond acceptors (Lipinski definition) is 4. The van der Waals surface area contributed by atoms with E-state index in [4.69, 9.17) is 9.47 Å². The highest BCUT2D eigenvalue weighted by Gasteiger charge is 2.13. The number of benzene rings is 7. The molecule has 0 spiro atoms. The van der Waals surface area contributed by atoms with Crippen LogP contribution in [0.15, 0.2) is 182 Å². The molecule has 0 aliphatic rings. The second kappa shape index (κ2) is 15.0. The van der Waals surface area contributed by atoms with E-state index in [1.54, 1.807) is 12.1 Å². The molecule has 0 amide bonds. The summed E-state index contributed by atoms with van der Waals surface area (Å²) in [6, 6.07) is 58.1. The molecular weight excluding hydrogens is 617 g/mol. The second-order valence-corrected chi connectivity index (χ2v) is 11.7. The van der Waals surface area contributed by atoms with Crippen LogP contribution < -0.4 is 9.47 Å². The zero-order valence-corrected chi connectivity index (χ0v) is 27.2. The number of hydrogen-bond donors (Lipinski definition) is 2. The second-order valence-electron chi connectivity index (χ2n) is 11.7. The molecule has 0 aliphatic heterocycles. The van der Waals surface area contributed by atoms with Gasteiger partial charge in [0.2, 0.25) is 0 Å². The molecule has 7 rings (SSSR count). The topological polar surface area (TPSA) is 58.9 Å². The van der Waals surface area contributed by atoms with Crippen LogP contribution in [0.3, 0.4) is 0 Å². The monoisotopic (exact) mass is 650 g/mol. The molecule has 0 bridgehead atoms. The van der Waals surface area contributed by atoms with Gasteiger partial charge >= 0.3 is 0 Å². The molecule has 2 N–H and O–H groups in total. The SMILES string of the molecule is Oc1cc(C=C(c2ccccc2)c2ccc(Oc3ccccc3)cc2)c(O)cc1C=C(c1ccccc1)c1ccc(Oc2ccccc2)cc1. The largest absolute Gasteiger partial charge is 0.507 e. The summed E-state index contributed by atoms with van der Waals surface area (Å²) >= 11 is 0. The number of para-hydroxylation sites is 2. The molecule has 0 saturated carbocycles. The van der Waals surface area contributed by atoms with E-state index < -0.39 is 0 Å². The highest BCUT2D eigenvalue weighted by molar-refractivity contribution is 5.95. The summed E-state index contributed by atoms with van der Waals surface area (Å²) in [5.74, 6) is 3.06. The van der Waals surface area contributed by atoms with Crippen molar-refractivity contribution in [3.05, 3.63) is 215 Å². The molecule has 0 fully saturated rings. The van der Waals surface area contributed by atoms with Gasteiger partial charge in [-0.05, 0) is 106 Å². The van der Waals surface area contributed by atoms with Gasteiger partial charge in [-0.3, -0.25) is 0 Å². The normalized spacial score (nSPS) is 11.6. The van der Waals surface area contributed by atoms with Gasteiger partial charge < -0.3 is 19.7 Å². The van der Waals surface area contributed by atoms with E-state index in [0.717, 1.165) is 56.4 Å². The van der Waals surface area contributed by atoms with Crippen molar-refractivity contribution in [2.45, 2.75) is 0 Å². The van der Waals surface area contributed by atoms with Crippen molar-refractivity contribution >= 4 is 23.3 Å². The number of rotatable bonds is 10. The van der Waals surface area contributed by atoms with Crippen LogP contribution in [0, 0.1) is 0 Å². The van der Waals surface area contributed by atoms with Crippen molar-refractivity contribution in [3.8, 4) is 34.5 Å². The Bertz CT molecular complexity index is 2060. The van der Waals surface area contributed by atoms with Crippen LogP contribution in [0.2, 0.25) is 0 Å². The van der Waals surface area contributed by atoms with E-state index in [1.165, 1.54) is 0 Å². The lowest BCUT2D eigenvalue weighted by molar-refractivity contribution is 0.458. The average Bonchev–Trinajstić information content (AvgIpc) is 3.17. The van der Waals surface area contributed by atoms with Gasteiger partial charge in [-0.2, -0.15) is 0 Å². The third-order valence-electron chi connectivity index (χ3n) is 8.23. The van der Waals surface area contributed by atoms with Crippen molar-refractivity contribution < 1.29 is 19.7 Å². The Labute approximate surface area is 292 Å². The fourth-order valence-corrected chi connectivity index (χ4v) is 5.71. The van der Waals surface area contributed by atoms with Crippen molar-refractivity contribution in [2.75, 3.05) is 0 Å². The quantitative estimate of drug-likeness (QED) is 0.114. The van der Waals surface area contributed by atoms with E-state index in [-0.39, 0.29) is 11.5 Å². The fourth-order valence-electron chi connectivity index (χ4n) is 5.71. The average molecular weight is 651 g/mol. The Balaban J connectivity index is 1.23. The Morgan fingerprint density at radius 1 is 0.340 bits per heavy atom. The lowest BCUT2D eigenvalue weighted by atomic mass is 9.93. The van der Waals surface area contributed by atoms with Crippen LogP contribution in [0.5, 0.6) is 34.5 Å². The summed E-state index contributed by atoms with van der Waals surface area (Å²) in [6.07, 6.45) is 3.79. The van der Waals surface area contributed by atoms with E-state index in [1.807, 2.05) is 182 Å². The molecule has 50 heavy (non-hydrogen) atoms. The predicted octanol–water partition coefficient (Wildman–Crippen LogP) is 11.9. The van der Waals surface area contributed by atoms with Gasteiger partial charge in [-0.25, -0.2) is 0 Å².